The van der Waals surface area contributed by atoms with Crippen molar-refractivity contribution in [3.05, 3.63) is 112 Å². The van der Waals surface area contributed by atoms with Crippen LogP contribution in [0.15, 0.2) is 72.6 Å². The first-order chi connectivity index (χ1) is 19.4. The molecule has 0 radical (unpaired) electrons. The minimum Gasteiger partial charge on any atom is -0.340 e. The van der Waals surface area contributed by atoms with E-state index in [1.807, 2.05) is 44.3 Å². The van der Waals surface area contributed by atoms with Gasteiger partial charge in [-0.25, -0.2) is 24.0 Å². The van der Waals surface area contributed by atoms with E-state index in [1.165, 1.54) is 6.07 Å². The number of halogens is 1. The summed E-state index contributed by atoms with van der Waals surface area (Å²) in [6.45, 7) is 8.36. The molecule has 0 spiro atoms. The zero-order valence-corrected chi connectivity index (χ0v) is 22.1. The van der Waals surface area contributed by atoms with E-state index in [0.29, 0.717) is 51.4 Å². The first-order valence-corrected chi connectivity index (χ1v) is 13.0. The Morgan fingerprint density at radius 3 is 2.75 bits per heavy atom. The highest BCUT2D eigenvalue weighted by Gasteiger charge is 2.29. The normalized spacial score (nSPS) is 12.8. The van der Waals surface area contributed by atoms with Gasteiger partial charge in [0.05, 0.1) is 11.9 Å². The summed E-state index contributed by atoms with van der Waals surface area (Å²) >= 11 is 0. The lowest BCUT2D eigenvalue weighted by molar-refractivity contribution is 0.589. The number of nitrogens with one attached hydrogen (secondary N) is 1. The monoisotopic (exact) mass is 531 g/mol. The minimum atomic E-state index is -0.301. The molecule has 9 nitrogen and oxygen atoms in total. The van der Waals surface area contributed by atoms with E-state index in [9.17, 15) is 4.39 Å². The third-order valence-corrected chi connectivity index (χ3v) is 7.27. The molecule has 10 heteroatoms. The molecule has 3 aromatic heterocycles. The van der Waals surface area contributed by atoms with Crippen LogP contribution >= 0.6 is 0 Å². The van der Waals surface area contributed by atoms with Crippen molar-refractivity contribution in [1.29, 1.82) is 0 Å². The van der Waals surface area contributed by atoms with Crippen molar-refractivity contribution in [2.75, 3.05) is 5.32 Å². The predicted molar refractivity (Wildman–Crippen MR) is 153 cm³/mol. The highest BCUT2D eigenvalue weighted by atomic mass is 19.1. The Labute approximate surface area is 230 Å². The predicted octanol–water partition coefficient (Wildman–Crippen LogP) is 7.59. The highest BCUT2D eigenvalue weighted by molar-refractivity contribution is 5.90. The fourth-order valence-electron chi connectivity index (χ4n) is 4.80. The quantitative estimate of drug-likeness (QED) is 0.126. The SMILES string of the molecule is C=C(Nc1nc(-c2nn(Cc3ccccc3F)c3ncccc23)ncc1C1CC1)c1ccc(C)c(C)c1N=[N+]=[N-]. The number of fused-ring (bicyclic) bond motifs is 1. The average molecular weight is 532 g/mol. The summed E-state index contributed by atoms with van der Waals surface area (Å²) in [5.41, 5.74) is 15.6. The van der Waals surface area contributed by atoms with E-state index in [1.54, 1.807) is 29.1 Å². The Hall–Kier alpha value is -5.08. The number of azide groups is 1. The van der Waals surface area contributed by atoms with Crippen LogP contribution < -0.4 is 5.32 Å². The number of rotatable bonds is 8. The van der Waals surface area contributed by atoms with Crippen LogP contribution in [0.2, 0.25) is 0 Å². The Bertz CT molecular complexity index is 1830. The van der Waals surface area contributed by atoms with Gasteiger partial charge in [0, 0.05) is 45.4 Å². The van der Waals surface area contributed by atoms with Crippen LogP contribution in [0.3, 0.4) is 0 Å². The molecule has 198 valence electrons. The van der Waals surface area contributed by atoms with Gasteiger partial charge in [0.25, 0.3) is 0 Å². The third kappa shape index (κ3) is 4.65. The van der Waals surface area contributed by atoms with Gasteiger partial charge in [-0.2, -0.15) is 5.10 Å². The molecule has 40 heavy (non-hydrogen) atoms. The number of anilines is 1. The summed E-state index contributed by atoms with van der Waals surface area (Å²) in [6.07, 6.45) is 5.64. The van der Waals surface area contributed by atoms with Crippen LogP contribution in [0.5, 0.6) is 0 Å². The molecule has 1 N–H and O–H groups in total. The Balaban J connectivity index is 1.41. The maximum Gasteiger partial charge on any atom is 0.182 e. The van der Waals surface area contributed by atoms with Crippen molar-refractivity contribution >= 4 is 28.2 Å². The number of pyridine rings is 1. The zero-order chi connectivity index (χ0) is 27.8. The lowest BCUT2D eigenvalue weighted by Gasteiger charge is -2.17. The highest BCUT2D eigenvalue weighted by Crippen LogP contribution is 2.44. The summed E-state index contributed by atoms with van der Waals surface area (Å²) in [4.78, 5) is 17.1. The minimum absolute atomic E-state index is 0.219. The van der Waals surface area contributed by atoms with Gasteiger partial charge in [-0.15, -0.1) is 0 Å². The number of nitrogens with zero attached hydrogens (tertiary/aromatic N) is 8. The summed E-state index contributed by atoms with van der Waals surface area (Å²) < 4.78 is 16.1. The summed E-state index contributed by atoms with van der Waals surface area (Å²) in [5.74, 6) is 1.10. The molecule has 0 unspecified atom stereocenters. The van der Waals surface area contributed by atoms with Crippen molar-refractivity contribution in [3.63, 3.8) is 0 Å². The Kier molecular flexibility index (Phi) is 6.45. The lowest BCUT2D eigenvalue weighted by Crippen LogP contribution is -2.07. The molecular formula is C30H26FN9. The zero-order valence-electron chi connectivity index (χ0n) is 22.1. The number of hydrogen-bond acceptors (Lipinski definition) is 6. The summed E-state index contributed by atoms with van der Waals surface area (Å²) in [6, 6.07) is 14.2. The van der Waals surface area contributed by atoms with Crippen LogP contribution in [0.1, 0.15) is 46.6 Å². The third-order valence-electron chi connectivity index (χ3n) is 7.27. The van der Waals surface area contributed by atoms with E-state index in [0.717, 1.165) is 34.9 Å². The van der Waals surface area contributed by atoms with Crippen molar-refractivity contribution in [2.45, 2.75) is 39.2 Å². The molecule has 3 heterocycles. The van der Waals surface area contributed by atoms with Crippen molar-refractivity contribution < 1.29 is 4.39 Å². The smallest absolute Gasteiger partial charge is 0.182 e. The van der Waals surface area contributed by atoms with Gasteiger partial charge >= 0.3 is 0 Å². The van der Waals surface area contributed by atoms with Gasteiger partial charge in [0.1, 0.15) is 17.3 Å². The maximum absolute atomic E-state index is 14.4. The number of aryl methyl sites for hydroxylation is 1. The van der Waals surface area contributed by atoms with Crippen LogP contribution in [0, 0.1) is 19.7 Å². The molecule has 6 rings (SSSR count). The average Bonchev–Trinajstić information content (AvgIpc) is 3.74. The molecule has 1 aliphatic carbocycles. The molecule has 5 aromatic rings. The number of hydrogen-bond donors (Lipinski definition) is 1. The van der Waals surface area contributed by atoms with Gasteiger partial charge < -0.3 is 5.32 Å². The second kappa shape index (κ2) is 10.2. The van der Waals surface area contributed by atoms with E-state index in [-0.39, 0.29) is 12.4 Å². The van der Waals surface area contributed by atoms with E-state index in [2.05, 4.69) is 31.9 Å². The largest absolute Gasteiger partial charge is 0.340 e. The van der Waals surface area contributed by atoms with Crippen LogP contribution in [0.4, 0.5) is 15.9 Å². The van der Waals surface area contributed by atoms with E-state index in [4.69, 9.17) is 15.6 Å². The molecule has 1 saturated carbocycles. The van der Waals surface area contributed by atoms with Crippen molar-refractivity contribution in [2.24, 2.45) is 5.11 Å². The van der Waals surface area contributed by atoms with Gasteiger partial charge in [0.15, 0.2) is 11.5 Å². The first kappa shape index (κ1) is 25.2. The van der Waals surface area contributed by atoms with Gasteiger partial charge in [-0.05, 0) is 67.5 Å². The van der Waals surface area contributed by atoms with E-state index >= 15 is 0 Å². The molecule has 1 aliphatic rings. The molecule has 2 aromatic carbocycles. The molecule has 0 aliphatic heterocycles. The number of aromatic nitrogens is 5. The summed E-state index contributed by atoms with van der Waals surface area (Å²) in [7, 11) is 0. The molecule has 0 atom stereocenters. The van der Waals surface area contributed by atoms with Crippen molar-refractivity contribution in [3.8, 4) is 11.5 Å². The van der Waals surface area contributed by atoms with E-state index < -0.39 is 0 Å². The fourth-order valence-corrected chi connectivity index (χ4v) is 4.80. The van der Waals surface area contributed by atoms with Crippen LogP contribution in [-0.2, 0) is 6.54 Å². The molecule has 1 fully saturated rings. The second-order valence-corrected chi connectivity index (χ2v) is 9.94. The Morgan fingerprint density at radius 2 is 1.98 bits per heavy atom. The van der Waals surface area contributed by atoms with Gasteiger partial charge in [0.2, 0.25) is 0 Å². The second-order valence-electron chi connectivity index (χ2n) is 9.94. The topological polar surface area (TPSA) is 117 Å². The van der Waals surface area contributed by atoms with Gasteiger partial charge in [-0.3, -0.25) is 0 Å². The Morgan fingerprint density at radius 1 is 1.15 bits per heavy atom. The van der Waals surface area contributed by atoms with Crippen LogP contribution in [0.25, 0.3) is 38.7 Å². The molecule has 0 bridgehead atoms. The molecule has 0 saturated heterocycles. The lowest BCUT2D eigenvalue weighted by atomic mass is 10.0. The van der Waals surface area contributed by atoms with Gasteiger partial charge in [-0.1, -0.05) is 42.0 Å². The fraction of sp³-hybridized carbons (Fsp3) is 0.200. The number of benzene rings is 2. The summed E-state index contributed by atoms with van der Waals surface area (Å²) in [5, 5.41) is 12.9. The standard InChI is InChI=1S/C30H26FN9/c1-17-10-13-22(26(18(17)2)37-39-32)19(3)35-28-24(20-11-12-20)15-34-29(36-28)27-23-8-6-14-33-30(23)40(38-27)16-21-7-4-5-9-25(21)31/h4-10,13-15,20H,3,11-12,16H2,1-2H3,(H,34,35,36). The molecular weight excluding hydrogens is 505 g/mol. The van der Waals surface area contributed by atoms with Crippen molar-refractivity contribution in [1.82, 2.24) is 24.7 Å². The van der Waals surface area contributed by atoms with Crippen LogP contribution in [-0.4, -0.2) is 24.7 Å². The molecule has 0 amide bonds. The first-order valence-electron chi connectivity index (χ1n) is 13.0. The maximum atomic E-state index is 14.4.